The molecule has 0 bridgehead atoms. The van der Waals surface area contributed by atoms with Crippen LogP contribution >= 0.6 is 22.0 Å². The Morgan fingerprint density at radius 3 is 3.00 bits per heavy atom. The first-order valence-corrected chi connectivity index (χ1v) is 4.65. The lowest BCUT2D eigenvalue weighted by molar-refractivity contribution is 0.465. The van der Waals surface area contributed by atoms with Crippen LogP contribution in [0.2, 0.25) is 0 Å². The van der Waals surface area contributed by atoms with Crippen molar-refractivity contribution in [3.63, 3.8) is 0 Å². The van der Waals surface area contributed by atoms with Crippen molar-refractivity contribution in [2.45, 2.75) is 6.42 Å². The maximum Gasteiger partial charge on any atom is 0.0266 e. The van der Waals surface area contributed by atoms with E-state index in [2.05, 4.69) is 5.43 Å². The van der Waals surface area contributed by atoms with Gasteiger partial charge >= 0.3 is 0 Å². The third kappa shape index (κ3) is 1.83. The molecule has 1 aliphatic rings. The van der Waals surface area contributed by atoms with Crippen molar-refractivity contribution in [2.75, 3.05) is 13.1 Å². The van der Waals surface area contributed by atoms with E-state index in [-0.39, 0.29) is 0 Å². The summed E-state index contributed by atoms with van der Waals surface area (Å²) < 4.78 is 2.05. The van der Waals surface area contributed by atoms with Gasteiger partial charge in [0.1, 0.15) is 0 Å². The van der Waals surface area contributed by atoms with Gasteiger partial charge in [-0.05, 0) is 6.42 Å². The van der Waals surface area contributed by atoms with E-state index in [0.29, 0.717) is 0 Å². The number of nitrogens with two attached hydrogens (primary N) is 1. The number of nitrogens with zero attached hydrogens (tertiary/aromatic N) is 1. The lowest BCUT2D eigenvalue weighted by Gasteiger charge is -2.08. The lowest BCUT2D eigenvalue weighted by atomic mass is 10.5. The van der Waals surface area contributed by atoms with Crippen molar-refractivity contribution in [3.8, 4) is 0 Å². The van der Waals surface area contributed by atoms with E-state index >= 15 is 0 Å². The second kappa shape index (κ2) is 3.58. The van der Waals surface area contributed by atoms with Gasteiger partial charge < -0.3 is 0 Å². The van der Waals surface area contributed by atoms with Gasteiger partial charge in [-0.3, -0.25) is 5.14 Å². The summed E-state index contributed by atoms with van der Waals surface area (Å²) in [6.07, 6.45) is 1.23. The molecule has 0 radical (unpaired) electrons. The molecule has 0 unspecified atom stereocenters. The Balaban J connectivity index is 2.06. The average Bonchev–Trinajstić information content (AvgIpc) is 2.19. The van der Waals surface area contributed by atoms with Crippen LogP contribution in [0.5, 0.6) is 0 Å². The minimum Gasteiger partial charge on any atom is -0.267 e. The molecule has 0 aromatic heterocycles. The highest BCUT2D eigenvalue weighted by Crippen LogP contribution is 2.19. The second-order valence-corrected chi connectivity index (χ2v) is 3.34. The molecule has 3 N–H and O–H groups in total. The largest absolute Gasteiger partial charge is 0.267 e. The van der Waals surface area contributed by atoms with E-state index in [1.807, 2.05) is 4.41 Å². The first-order valence-electron chi connectivity index (χ1n) is 2.48. The Morgan fingerprint density at radius 2 is 2.50 bits per heavy atom. The highest BCUT2D eigenvalue weighted by atomic mass is 33.1. The second-order valence-electron chi connectivity index (χ2n) is 1.53. The zero-order valence-corrected chi connectivity index (χ0v) is 6.10. The first kappa shape index (κ1) is 6.70. The molecule has 0 aromatic rings. The molecular weight excluding hydrogens is 142 g/mol. The zero-order valence-electron chi connectivity index (χ0n) is 4.46. The van der Waals surface area contributed by atoms with E-state index in [1.54, 1.807) is 11.0 Å². The van der Waals surface area contributed by atoms with Crippen molar-refractivity contribution < 1.29 is 0 Å². The number of nitrogens with one attached hydrogen (secondary N) is 1. The van der Waals surface area contributed by atoms with E-state index in [4.69, 9.17) is 5.14 Å². The molecule has 48 valence electrons. The molecule has 1 fully saturated rings. The monoisotopic (exact) mass is 151 g/mol. The lowest BCUT2D eigenvalue weighted by Crippen LogP contribution is -2.22. The smallest absolute Gasteiger partial charge is 0.0266 e. The van der Waals surface area contributed by atoms with Crippen molar-refractivity contribution in [1.82, 2.24) is 9.84 Å². The standard InChI is InChI=1S/C3H9N3S2/c4-7-8-6-3-1-2-5-6/h5H,1-4H2. The summed E-state index contributed by atoms with van der Waals surface area (Å²) in [4.78, 5) is 0. The minimum atomic E-state index is 1.09. The van der Waals surface area contributed by atoms with Crippen molar-refractivity contribution in [3.05, 3.63) is 0 Å². The Morgan fingerprint density at radius 1 is 1.62 bits per heavy atom. The molecule has 0 aromatic carbocycles. The van der Waals surface area contributed by atoms with Crippen molar-refractivity contribution in [2.24, 2.45) is 5.14 Å². The summed E-state index contributed by atoms with van der Waals surface area (Å²) in [5.41, 5.74) is 3.15. The maximum atomic E-state index is 5.21. The van der Waals surface area contributed by atoms with E-state index < -0.39 is 0 Å². The average molecular weight is 151 g/mol. The van der Waals surface area contributed by atoms with Gasteiger partial charge in [-0.1, -0.05) is 0 Å². The fourth-order valence-electron chi connectivity index (χ4n) is 0.621. The number of hydrogen-bond donors (Lipinski definition) is 2. The predicted octanol–water partition coefficient (Wildman–Crippen LogP) is 0.367. The minimum absolute atomic E-state index is 1.09. The maximum absolute atomic E-state index is 5.21. The summed E-state index contributed by atoms with van der Waals surface area (Å²) in [5.74, 6) is 0. The third-order valence-corrected chi connectivity index (χ3v) is 2.33. The number of hydrogen-bond acceptors (Lipinski definition) is 5. The Labute approximate surface area is 57.0 Å². The quantitative estimate of drug-likeness (QED) is 0.441. The van der Waals surface area contributed by atoms with E-state index in [1.165, 1.54) is 17.4 Å². The Hall–Kier alpha value is 0.580. The van der Waals surface area contributed by atoms with Gasteiger partial charge in [-0.25, -0.2) is 5.43 Å². The number of hydrazine groups is 1. The van der Waals surface area contributed by atoms with Crippen LogP contribution in [0.4, 0.5) is 0 Å². The summed E-state index contributed by atoms with van der Waals surface area (Å²) in [7, 11) is 2.83. The molecule has 1 heterocycles. The molecule has 5 heteroatoms. The first-order chi connectivity index (χ1) is 3.93. The van der Waals surface area contributed by atoms with Crippen LogP contribution < -0.4 is 10.6 Å². The molecule has 8 heavy (non-hydrogen) atoms. The molecule has 0 aliphatic carbocycles. The van der Waals surface area contributed by atoms with Crippen LogP contribution in [0, 0.1) is 0 Å². The molecule has 3 nitrogen and oxygen atoms in total. The molecule has 0 spiro atoms. The Bertz CT molecular complexity index is 63.5. The van der Waals surface area contributed by atoms with Crippen LogP contribution in [0.25, 0.3) is 0 Å². The van der Waals surface area contributed by atoms with E-state index in [0.717, 1.165) is 13.1 Å². The Kier molecular flexibility index (Phi) is 2.99. The van der Waals surface area contributed by atoms with Gasteiger partial charge in [-0.2, -0.15) is 4.41 Å². The molecule has 0 amide bonds. The number of rotatable bonds is 2. The van der Waals surface area contributed by atoms with E-state index in [9.17, 15) is 0 Å². The predicted molar refractivity (Wildman–Crippen MR) is 38.7 cm³/mol. The summed E-state index contributed by atoms with van der Waals surface area (Å²) in [6.45, 7) is 2.20. The molecule has 1 aliphatic heterocycles. The van der Waals surface area contributed by atoms with Crippen molar-refractivity contribution in [1.29, 1.82) is 0 Å². The SMILES string of the molecule is NSSN1CCCN1. The van der Waals surface area contributed by atoms with Crippen LogP contribution in [0.1, 0.15) is 6.42 Å². The molecule has 0 saturated carbocycles. The summed E-state index contributed by atoms with van der Waals surface area (Å²) >= 11 is 0. The fraction of sp³-hybridized carbons (Fsp3) is 1.00. The molecule has 1 rings (SSSR count). The van der Waals surface area contributed by atoms with Crippen LogP contribution in [0.15, 0.2) is 0 Å². The van der Waals surface area contributed by atoms with Crippen LogP contribution in [-0.4, -0.2) is 17.5 Å². The van der Waals surface area contributed by atoms with Gasteiger partial charge in [0.15, 0.2) is 0 Å². The molecule has 0 atom stereocenters. The van der Waals surface area contributed by atoms with Gasteiger partial charge in [0.2, 0.25) is 0 Å². The van der Waals surface area contributed by atoms with Crippen molar-refractivity contribution >= 4 is 22.0 Å². The van der Waals surface area contributed by atoms with Gasteiger partial charge in [-0.15, -0.1) is 0 Å². The molecular formula is C3H9N3S2. The topological polar surface area (TPSA) is 41.3 Å². The third-order valence-electron chi connectivity index (χ3n) is 0.959. The van der Waals surface area contributed by atoms with Gasteiger partial charge in [0.25, 0.3) is 0 Å². The molecule has 1 saturated heterocycles. The highest BCUT2D eigenvalue weighted by molar-refractivity contribution is 8.74. The van der Waals surface area contributed by atoms with Gasteiger partial charge in [0.05, 0.1) is 0 Å². The van der Waals surface area contributed by atoms with Gasteiger partial charge in [0, 0.05) is 35.0 Å². The summed E-state index contributed by atoms with van der Waals surface area (Å²) in [6, 6.07) is 0. The zero-order chi connectivity index (χ0) is 5.82. The van der Waals surface area contributed by atoms with Crippen LogP contribution in [-0.2, 0) is 0 Å². The summed E-state index contributed by atoms with van der Waals surface area (Å²) in [5, 5.41) is 5.21. The highest BCUT2D eigenvalue weighted by Gasteiger charge is 2.09. The normalized spacial score (nSPS) is 22.1. The fourth-order valence-corrected chi connectivity index (χ4v) is 1.77. The van der Waals surface area contributed by atoms with Crippen LogP contribution in [0.3, 0.4) is 0 Å².